The van der Waals surface area contributed by atoms with Crippen LogP contribution in [0, 0.1) is 0 Å². The Kier molecular flexibility index (Phi) is 4.78. The number of nitrogens with zero attached hydrogens (tertiary/aromatic N) is 1. The molecular formula is C20H22N2O4S. The molecule has 1 aliphatic carbocycles. The monoisotopic (exact) mass is 386 g/mol. The Balaban J connectivity index is 1.36. The molecule has 0 saturated carbocycles. The molecule has 142 valence electrons. The zero-order valence-corrected chi connectivity index (χ0v) is 16.0. The average Bonchev–Trinajstić information content (AvgIpc) is 3.25. The fourth-order valence-corrected chi connectivity index (χ4v) is 4.83. The van der Waals surface area contributed by atoms with Crippen molar-refractivity contribution in [3.05, 3.63) is 46.2 Å². The molecule has 6 nitrogen and oxygen atoms in total. The lowest BCUT2D eigenvalue weighted by atomic mass is 9.80. The third kappa shape index (κ3) is 3.16. The zero-order chi connectivity index (χ0) is 18.9. The van der Waals surface area contributed by atoms with Gasteiger partial charge in [-0.15, -0.1) is 11.3 Å². The van der Waals surface area contributed by atoms with E-state index in [9.17, 15) is 9.59 Å². The van der Waals surface area contributed by atoms with E-state index >= 15 is 0 Å². The summed E-state index contributed by atoms with van der Waals surface area (Å²) in [6, 6.07) is 9.01. The molecule has 2 heterocycles. The molecule has 1 atom stereocenters. The standard InChI is InChI=1S/C20H22N2O4S/c1-25-14-5-7-15(8-6-14)26-12-3-11-22-18(23)20(21-19(22)24)10-2-4-17-16(20)9-13-27-17/h5-9,13H,2-4,10-12H2,1H3,(H,21,24). The number of fused-ring (bicyclic) bond motifs is 2. The molecule has 1 unspecified atom stereocenters. The van der Waals surface area contributed by atoms with E-state index in [4.69, 9.17) is 9.47 Å². The first-order valence-electron chi connectivity index (χ1n) is 9.12. The summed E-state index contributed by atoms with van der Waals surface area (Å²) in [5, 5.41) is 4.97. The van der Waals surface area contributed by atoms with Crippen molar-refractivity contribution >= 4 is 23.3 Å². The maximum Gasteiger partial charge on any atom is 0.325 e. The van der Waals surface area contributed by atoms with Crippen molar-refractivity contribution in [3.63, 3.8) is 0 Å². The van der Waals surface area contributed by atoms with Gasteiger partial charge in [-0.2, -0.15) is 0 Å². The number of ether oxygens (including phenoxy) is 2. The highest BCUT2D eigenvalue weighted by molar-refractivity contribution is 7.10. The van der Waals surface area contributed by atoms with Crippen LogP contribution in [-0.2, 0) is 16.8 Å². The first-order valence-corrected chi connectivity index (χ1v) is 10.00. The maximum atomic E-state index is 13.1. The molecule has 0 radical (unpaired) electrons. The molecule has 1 spiro atoms. The molecule has 27 heavy (non-hydrogen) atoms. The normalized spacial score (nSPS) is 21.3. The van der Waals surface area contributed by atoms with Gasteiger partial charge in [0.05, 0.1) is 13.7 Å². The SMILES string of the molecule is COc1ccc(OCCCN2C(=O)NC3(CCCc4sccc43)C2=O)cc1. The van der Waals surface area contributed by atoms with Crippen LogP contribution in [0.4, 0.5) is 4.79 Å². The molecular weight excluding hydrogens is 364 g/mol. The van der Waals surface area contributed by atoms with Crippen molar-refractivity contribution in [3.8, 4) is 11.5 Å². The lowest BCUT2D eigenvalue weighted by molar-refractivity contribution is -0.132. The van der Waals surface area contributed by atoms with Gasteiger partial charge in [-0.05, 0) is 61.4 Å². The Labute approximate surface area is 162 Å². The number of benzene rings is 1. The Hall–Kier alpha value is -2.54. The minimum Gasteiger partial charge on any atom is -0.497 e. The van der Waals surface area contributed by atoms with Crippen LogP contribution >= 0.6 is 11.3 Å². The van der Waals surface area contributed by atoms with E-state index in [2.05, 4.69) is 5.32 Å². The van der Waals surface area contributed by atoms with Crippen molar-refractivity contribution in [2.24, 2.45) is 0 Å². The van der Waals surface area contributed by atoms with E-state index in [1.807, 2.05) is 35.7 Å². The van der Waals surface area contributed by atoms with Gasteiger partial charge < -0.3 is 14.8 Å². The molecule has 1 aliphatic heterocycles. The first-order chi connectivity index (χ1) is 13.1. The van der Waals surface area contributed by atoms with Gasteiger partial charge in [0.1, 0.15) is 17.0 Å². The number of imide groups is 1. The highest BCUT2D eigenvalue weighted by Gasteiger charge is 2.54. The molecule has 1 N–H and O–H groups in total. The predicted octanol–water partition coefficient (Wildman–Crippen LogP) is 3.31. The number of hydrogen-bond donors (Lipinski definition) is 1. The van der Waals surface area contributed by atoms with Crippen LogP contribution in [0.2, 0.25) is 0 Å². The van der Waals surface area contributed by atoms with E-state index in [-0.39, 0.29) is 11.9 Å². The van der Waals surface area contributed by atoms with Gasteiger partial charge >= 0.3 is 6.03 Å². The number of thiophene rings is 1. The van der Waals surface area contributed by atoms with Crippen LogP contribution in [0.25, 0.3) is 0 Å². The van der Waals surface area contributed by atoms with E-state index in [1.54, 1.807) is 18.4 Å². The number of amides is 3. The van der Waals surface area contributed by atoms with Gasteiger partial charge in [0.15, 0.2) is 0 Å². The lowest BCUT2D eigenvalue weighted by Crippen LogP contribution is -2.46. The summed E-state index contributed by atoms with van der Waals surface area (Å²) in [5.74, 6) is 1.38. The van der Waals surface area contributed by atoms with Gasteiger partial charge in [-0.25, -0.2) is 4.79 Å². The van der Waals surface area contributed by atoms with Crippen LogP contribution in [0.15, 0.2) is 35.7 Å². The quantitative estimate of drug-likeness (QED) is 0.611. The maximum absolute atomic E-state index is 13.1. The Bertz CT molecular complexity index is 848. The summed E-state index contributed by atoms with van der Waals surface area (Å²) in [6.45, 7) is 0.780. The summed E-state index contributed by atoms with van der Waals surface area (Å²) < 4.78 is 10.8. The molecule has 0 bridgehead atoms. The number of rotatable bonds is 6. The summed E-state index contributed by atoms with van der Waals surface area (Å²) >= 11 is 1.66. The van der Waals surface area contributed by atoms with Gasteiger partial charge in [0.25, 0.3) is 5.91 Å². The molecule has 4 rings (SSSR count). The second-order valence-corrected chi connectivity index (χ2v) is 7.78. The topological polar surface area (TPSA) is 67.9 Å². The first kappa shape index (κ1) is 17.9. The Morgan fingerprint density at radius 1 is 1.19 bits per heavy atom. The van der Waals surface area contributed by atoms with Crippen LogP contribution in [0.1, 0.15) is 29.7 Å². The van der Waals surface area contributed by atoms with E-state index in [1.165, 1.54) is 9.78 Å². The summed E-state index contributed by atoms with van der Waals surface area (Å²) in [7, 11) is 1.62. The number of aryl methyl sites for hydroxylation is 1. The van der Waals surface area contributed by atoms with E-state index < -0.39 is 5.54 Å². The van der Waals surface area contributed by atoms with E-state index in [0.717, 1.165) is 29.9 Å². The number of methoxy groups -OCH3 is 1. The highest BCUT2D eigenvalue weighted by Crippen LogP contribution is 2.42. The van der Waals surface area contributed by atoms with Gasteiger partial charge in [-0.3, -0.25) is 9.69 Å². The number of urea groups is 1. The molecule has 2 aliphatic rings. The largest absolute Gasteiger partial charge is 0.497 e. The van der Waals surface area contributed by atoms with Gasteiger partial charge in [-0.1, -0.05) is 0 Å². The van der Waals surface area contributed by atoms with Crippen LogP contribution < -0.4 is 14.8 Å². The fourth-order valence-electron chi connectivity index (χ4n) is 3.83. The molecule has 2 aromatic rings. The molecule has 1 aromatic heterocycles. The Morgan fingerprint density at radius 2 is 1.96 bits per heavy atom. The average molecular weight is 386 g/mol. The van der Waals surface area contributed by atoms with Crippen molar-refractivity contribution in [2.75, 3.05) is 20.3 Å². The number of hydrogen-bond acceptors (Lipinski definition) is 5. The summed E-state index contributed by atoms with van der Waals surface area (Å²) in [5.41, 5.74) is 0.121. The number of carbonyl (C=O) groups excluding carboxylic acids is 2. The molecule has 1 saturated heterocycles. The van der Waals surface area contributed by atoms with Crippen molar-refractivity contribution < 1.29 is 19.1 Å². The highest BCUT2D eigenvalue weighted by atomic mass is 32.1. The minimum absolute atomic E-state index is 0.128. The van der Waals surface area contributed by atoms with Crippen molar-refractivity contribution in [1.82, 2.24) is 10.2 Å². The van der Waals surface area contributed by atoms with Crippen LogP contribution in [0.5, 0.6) is 11.5 Å². The summed E-state index contributed by atoms with van der Waals surface area (Å²) in [4.78, 5) is 28.1. The minimum atomic E-state index is -0.860. The zero-order valence-electron chi connectivity index (χ0n) is 15.2. The smallest absolute Gasteiger partial charge is 0.325 e. The number of carbonyl (C=O) groups is 2. The van der Waals surface area contributed by atoms with Crippen molar-refractivity contribution in [1.29, 1.82) is 0 Å². The fraction of sp³-hybridized carbons (Fsp3) is 0.400. The van der Waals surface area contributed by atoms with Crippen LogP contribution in [-0.4, -0.2) is 37.1 Å². The Morgan fingerprint density at radius 3 is 2.74 bits per heavy atom. The van der Waals surface area contributed by atoms with Gasteiger partial charge in [0.2, 0.25) is 0 Å². The second kappa shape index (κ2) is 7.23. The number of nitrogens with one attached hydrogen (secondary N) is 1. The van der Waals surface area contributed by atoms with E-state index in [0.29, 0.717) is 26.0 Å². The summed E-state index contributed by atoms with van der Waals surface area (Å²) in [6.07, 6.45) is 3.14. The molecule has 7 heteroatoms. The van der Waals surface area contributed by atoms with Gasteiger partial charge in [0, 0.05) is 17.0 Å². The predicted molar refractivity (Wildman–Crippen MR) is 102 cm³/mol. The van der Waals surface area contributed by atoms with Crippen LogP contribution in [0.3, 0.4) is 0 Å². The molecule has 1 aromatic carbocycles. The third-order valence-electron chi connectivity index (χ3n) is 5.19. The third-order valence-corrected chi connectivity index (χ3v) is 6.17. The lowest BCUT2D eigenvalue weighted by Gasteiger charge is -2.31. The molecule has 1 fully saturated rings. The molecule has 3 amide bonds. The second-order valence-electron chi connectivity index (χ2n) is 6.78. The van der Waals surface area contributed by atoms with Crippen molar-refractivity contribution in [2.45, 2.75) is 31.2 Å².